The van der Waals surface area contributed by atoms with Crippen LogP contribution in [0.5, 0.6) is 0 Å². The summed E-state index contributed by atoms with van der Waals surface area (Å²) in [5.74, 6) is 0.829. The minimum absolute atomic E-state index is 0.0123. The Morgan fingerprint density at radius 3 is 2.47 bits per heavy atom. The van der Waals surface area contributed by atoms with Gasteiger partial charge in [-0.1, -0.05) is 19.1 Å². The van der Waals surface area contributed by atoms with Gasteiger partial charge >= 0.3 is 0 Å². The summed E-state index contributed by atoms with van der Waals surface area (Å²) in [6.07, 6.45) is 0.149. The number of hydrogen-bond donors (Lipinski definition) is 1. The van der Waals surface area contributed by atoms with Crippen LogP contribution in [-0.2, 0) is 11.2 Å². The van der Waals surface area contributed by atoms with Crippen molar-refractivity contribution in [3.63, 3.8) is 0 Å². The number of non-ortho nitro benzene ring substituents is 1. The number of aromatic nitrogens is 1. The van der Waals surface area contributed by atoms with Gasteiger partial charge < -0.3 is 15.1 Å². The van der Waals surface area contributed by atoms with Gasteiger partial charge in [-0.05, 0) is 48.9 Å². The molecule has 0 atom stereocenters. The van der Waals surface area contributed by atoms with Gasteiger partial charge in [-0.25, -0.2) is 4.98 Å². The van der Waals surface area contributed by atoms with E-state index in [0.717, 1.165) is 60.6 Å². The Labute approximate surface area is 187 Å². The van der Waals surface area contributed by atoms with Crippen LogP contribution in [0.3, 0.4) is 0 Å². The quantitative estimate of drug-likeness (QED) is 0.470. The summed E-state index contributed by atoms with van der Waals surface area (Å²) in [6, 6.07) is 13.9. The molecule has 2 heterocycles. The molecule has 1 fully saturated rings. The van der Waals surface area contributed by atoms with Gasteiger partial charge in [-0.15, -0.1) is 0 Å². The second-order valence-corrected chi connectivity index (χ2v) is 8.10. The molecule has 166 valence electrons. The first-order chi connectivity index (χ1) is 15.4. The minimum Gasteiger partial charge on any atom is -0.354 e. The van der Waals surface area contributed by atoms with Crippen molar-refractivity contribution in [2.45, 2.75) is 20.3 Å². The molecule has 0 spiro atoms. The number of nitro benzene ring substituents is 1. The molecule has 0 bridgehead atoms. The molecule has 4 rings (SSSR count). The van der Waals surface area contributed by atoms with E-state index >= 15 is 0 Å². The number of pyridine rings is 1. The summed E-state index contributed by atoms with van der Waals surface area (Å²) in [4.78, 5) is 32.4. The molecule has 1 aliphatic rings. The third kappa shape index (κ3) is 4.86. The average molecular weight is 434 g/mol. The van der Waals surface area contributed by atoms with E-state index in [2.05, 4.69) is 35.0 Å². The number of carbonyl (C=O) groups excluding carboxylic acids is 1. The largest absolute Gasteiger partial charge is 0.354 e. The molecule has 8 nitrogen and oxygen atoms in total. The van der Waals surface area contributed by atoms with E-state index in [4.69, 9.17) is 4.98 Å². The van der Waals surface area contributed by atoms with Crippen molar-refractivity contribution in [3.05, 3.63) is 69.8 Å². The van der Waals surface area contributed by atoms with Crippen LogP contribution in [0.15, 0.2) is 48.5 Å². The fourth-order valence-corrected chi connectivity index (χ4v) is 4.04. The van der Waals surface area contributed by atoms with Crippen LogP contribution in [0.1, 0.15) is 18.1 Å². The van der Waals surface area contributed by atoms with Crippen molar-refractivity contribution in [2.24, 2.45) is 0 Å². The van der Waals surface area contributed by atoms with Gasteiger partial charge in [0.1, 0.15) is 5.82 Å². The fourth-order valence-electron chi connectivity index (χ4n) is 4.04. The Balaban J connectivity index is 1.45. The van der Waals surface area contributed by atoms with Crippen LogP contribution in [0.2, 0.25) is 0 Å². The Kier molecular flexibility index (Phi) is 6.32. The monoisotopic (exact) mass is 433 g/mol. The maximum Gasteiger partial charge on any atom is 0.269 e. The number of carbonyl (C=O) groups is 1. The molecule has 0 aliphatic carbocycles. The molecule has 3 aromatic rings. The number of likely N-dealkylation sites (N-methyl/N-ethyl adjacent to an activating group) is 1. The lowest BCUT2D eigenvalue weighted by Crippen LogP contribution is -2.46. The topological polar surface area (TPSA) is 91.6 Å². The number of nitrogens with one attached hydrogen (secondary N) is 1. The fraction of sp³-hybridized carbons (Fsp3) is 0.333. The average Bonchev–Trinajstić information content (AvgIpc) is 2.79. The third-order valence-corrected chi connectivity index (χ3v) is 5.94. The van der Waals surface area contributed by atoms with Crippen LogP contribution in [0.25, 0.3) is 10.9 Å². The van der Waals surface area contributed by atoms with Gasteiger partial charge in [0.2, 0.25) is 5.91 Å². The Hall–Kier alpha value is -3.52. The van der Waals surface area contributed by atoms with Gasteiger partial charge in [-0.2, -0.15) is 0 Å². The molecule has 1 saturated heterocycles. The van der Waals surface area contributed by atoms with E-state index in [0.29, 0.717) is 5.69 Å². The number of rotatable bonds is 6. The molecule has 1 N–H and O–H groups in total. The lowest BCUT2D eigenvalue weighted by molar-refractivity contribution is -0.384. The number of anilines is 2. The van der Waals surface area contributed by atoms with Crippen molar-refractivity contribution in [3.8, 4) is 0 Å². The summed E-state index contributed by atoms with van der Waals surface area (Å²) in [7, 11) is 0. The first kappa shape index (κ1) is 21.7. The minimum atomic E-state index is -0.453. The molecule has 1 aliphatic heterocycles. The summed E-state index contributed by atoms with van der Waals surface area (Å²) >= 11 is 0. The zero-order chi connectivity index (χ0) is 22.7. The smallest absolute Gasteiger partial charge is 0.269 e. The predicted octanol–water partition coefficient (Wildman–Crippen LogP) is 3.77. The zero-order valence-corrected chi connectivity index (χ0v) is 18.4. The highest BCUT2D eigenvalue weighted by Crippen LogP contribution is 2.26. The number of hydrogen-bond acceptors (Lipinski definition) is 6. The van der Waals surface area contributed by atoms with E-state index in [-0.39, 0.29) is 18.0 Å². The molecule has 1 aromatic heterocycles. The summed E-state index contributed by atoms with van der Waals surface area (Å²) in [6.45, 7) is 9.39. The van der Waals surface area contributed by atoms with Crippen molar-refractivity contribution < 1.29 is 9.72 Å². The number of fused-ring (bicyclic) bond motifs is 1. The van der Waals surface area contributed by atoms with Crippen LogP contribution in [-0.4, -0.2) is 53.4 Å². The highest BCUT2D eigenvalue weighted by molar-refractivity contribution is 5.95. The molecule has 0 saturated carbocycles. The normalized spacial score (nSPS) is 14.5. The molecular weight excluding hydrogens is 406 g/mol. The molecule has 0 unspecified atom stereocenters. The van der Waals surface area contributed by atoms with Crippen LogP contribution in [0, 0.1) is 17.0 Å². The summed E-state index contributed by atoms with van der Waals surface area (Å²) in [5.41, 5.74) is 3.47. The van der Waals surface area contributed by atoms with Crippen LogP contribution >= 0.6 is 0 Å². The predicted molar refractivity (Wildman–Crippen MR) is 126 cm³/mol. The van der Waals surface area contributed by atoms with Crippen LogP contribution < -0.4 is 10.2 Å². The van der Waals surface area contributed by atoms with E-state index < -0.39 is 4.92 Å². The Morgan fingerprint density at radius 2 is 1.81 bits per heavy atom. The first-order valence-electron chi connectivity index (χ1n) is 10.8. The molecule has 2 aromatic carbocycles. The lowest BCUT2D eigenvalue weighted by atomic mass is 10.1. The SMILES string of the molecule is CCN1CCN(c2cc(C)c3cc(NC(=O)Cc4ccc([N+](=O)[O-])cc4)ccc3n2)CC1. The van der Waals surface area contributed by atoms with Crippen molar-refractivity contribution in [1.82, 2.24) is 9.88 Å². The maximum atomic E-state index is 12.5. The Morgan fingerprint density at radius 1 is 1.09 bits per heavy atom. The van der Waals surface area contributed by atoms with E-state index in [1.165, 1.54) is 12.1 Å². The lowest BCUT2D eigenvalue weighted by Gasteiger charge is -2.35. The van der Waals surface area contributed by atoms with Gasteiger partial charge in [0.25, 0.3) is 5.69 Å². The van der Waals surface area contributed by atoms with Crippen molar-refractivity contribution >= 4 is 34.0 Å². The Bertz CT molecular complexity index is 1140. The number of piperazine rings is 1. The summed E-state index contributed by atoms with van der Waals surface area (Å²) in [5, 5.41) is 14.7. The van der Waals surface area contributed by atoms with Gasteiger partial charge in [0, 0.05) is 49.4 Å². The van der Waals surface area contributed by atoms with E-state index in [1.54, 1.807) is 12.1 Å². The second-order valence-electron chi connectivity index (χ2n) is 8.10. The molecule has 8 heteroatoms. The third-order valence-electron chi connectivity index (χ3n) is 5.94. The number of nitrogens with zero attached hydrogens (tertiary/aromatic N) is 4. The number of aryl methyl sites for hydroxylation is 1. The van der Waals surface area contributed by atoms with Crippen molar-refractivity contribution in [2.75, 3.05) is 42.9 Å². The molecular formula is C24H27N5O3. The zero-order valence-electron chi connectivity index (χ0n) is 18.4. The second kappa shape index (κ2) is 9.32. The van der Waals surface area contributed by atoms with Gasteiger partial charge in [0.05, 0.1) is 16.9 Å². The highest BCUT2D eigenvalue weighted by atomic mass is 16.6. The molecule has 0 radical (unpaired) electrons. The van der Waals surface area contributed by atoms with E-state index in [9.17, 15) is 14.9 Å². The number of nitro groups is 1. The van der Waals surface area contributed by atoms with Crippen LogP contribution in [0.4, 0.5) is 17.2 Å². The summed E-state index contributed by atoms with van der Waals surface area (Å²) < 4.78 is 0. The highest BCUT2D eigenvalue weighted by Gasteiger charge is 2.18. The van der Waals surface area contributed by atoms with Gasteiger partial charge in [0.15, 0.2) is 0 Å². The number of amides is 1. The van der Waals surface area contributed by atoms with E-state index in [1.807, 2.05) is 18.2 Å². The maximum absolute atomic E-state index is 12.5. The standard InChI is InChI=1S/C24H27N5O3/c1-3-27-10-12-28(13-11-27)23-14-17(2)21-16-19(6-9-22(21)26-23)25-24(30)15-18-4-7-20(8-5-18)29(31)32/h4-9,14,16H,3,10-13,15H2,1-2H3,(H,25,30). The number of benzene rings is 2. The molecule has 32 heavy (non-hydrogen) atoms. The molecule has 1 amide bonds. The first-order valence-corrected chi connectivity index (χ1v) is 10.8. The van der Waals surface area contributed by atoms with Gasteiger partial charge in [-0.3, -0.25) is 14.9 Å². The van der Waals surface area contributed by atoms with Crippen molar-refractivity contribution in [1.29, 1.82) is 0 Å².